The Morgan fingerprint density at radius 3 is 1.51 bits per heavy atom. The van der Waals surface area contributed by atoms with Crippen LogP contribution in [-0.4, -0.2) is 76.7 Å². The molecule has 0 heterocycles. The number of rotatable bonds is 20. The number of carbonyl (C=O) groups is 6. The summed E-state index contributed by atoms with van der Waals surface area (Å²) in [6, 6.07) is -4.06. The lowest BCUT2D eigenvalue weighted by atomic mass is 9.93. The second-order valence-electron chi connectivity index (χ2n) is 14.2. The van der Waals surface area contributed by atoms with Gasteiger partial charge in [-0.05, 0) is 56.3 Å². The summed E-state index contributed by atoms with van der Waals surface area (Å²) in [5, 5.41) is 24.7. The van der Waals surface area contributed by atoms with Crippen molar-refractivity contribution in [3.63, 3.8) is 0 Å². The van der Waals surface area contributed by atoms with E-state index in [4.69, 9.17) is 0 Å². The standard InChI is InChI=1S/C33H61N5O7/c1-17(2)13-24(23(12)39)36-31(43)22(11)34-28(42)16-26(40)25(14-18(3)4)35-29(20(7)8)32(44)38-33(45)30(21(9)10)37-27(41)15-19(5)6/h17-22,24-26,29-30,35,40H,13-16H2,1-12H3,(H,34,42)(H,36,43)(H,37,41)(H,38,44,45). The Hall–Kier alpha value is -2.86. The first-order valence-electron chi connectivity index (χ1n) is 16.3. The lowest BCUT2D eigenvalue weighted by Crippen LogP contribution is -2.59. The van der Waals surface area contributed by atoms with E-state index in [0.717, 1.165) is 0 Å². The maximum Gasteiger partial charge on any atom is 0.249 e. The number of Topliss-reactive ketones (excluding diaryl/α,β-unsaturated/α-hetero) is 1. The van der Waals surface area contributed by atoms with E-state index in [1.54, 1.807) is 27.7 Å². The Morgan fingerprint density at radius 1 is 0.578 bits per heavy atom. The monoisotopic (exact) mass is 639 g/mol. The van der Waals surface area contributed by atoms with E-state index < -0.39 is 59.9 Å². The van der Waals surface area contributed by atoms with Crippen molar-refractivity contribution in [2.45, 2.75) is 145 Å². The maximum atomic E-state index is 13.3. The number of ketones is 1. The van der Waals surface area contributed by atoms with Crippen molar-refractivity contribution in [2.75, 3.05) is 0 Å². The molecule has 0 radical (unpaired) electrons. The number of aliphatic hydroxyl groups is 1. The van der Waals surface area contributed by atoms with Gasteiger partial charge in [0.25, 0.3) is 0 Å². The van der Waals surface area contributed by atoms with Gasteiger partial charge in [-0.25, -0.2) is 0 Å². The summed E-state index contributed by atoms with van der Waals surface area (Å²) in [6.07, 6.45) is -0.401. The van der Waals surface area contributed by atoms with Crippen molar-refractivity contribution in [3.05, 3.63) is 0 Å². The Kier molecular flexibility index (Phi) is 19.0. The van der Waals surface area contributed by atoms with Gasteiger partial charge < -0.3 is 26.4 Å². The van der Waals surface area contributed by atoms with Crippen LogP contribution in [0.4, 0.5) is 0 Å². The van der Waals surface area contributed by atoms with Gasteiger partial charge >= 0.3 is 0 Å². The van der Waals surface area contributed by atoms with Crippen LogP contribution in [0, 0.1) is 29.6 Å². The molecule has 0 spiro atoms. The molecular formula is C33H61N5O7. The maximum absolute atomic E-state index is 13.3. The molecule has 0 rings (SSSR count). The van der Waals surface area contributed by atoms with Crippen LogP contribution in [0.3, 0.4) is 0 Å². The zero-order valence-corrected chi connectivity index (χ0v) is 29.6. The predicted molar refractivity (Wildman–Crippen MR) is 175 cm³/mol. The van der Waals surface area contributed by atoms with Crippen LogP contribution < -0.4 is 26.6 Å². The number of hydrogen-bond donors (Lipinski definition) is 6. The highest BCUT2D eigenvalue weighted by Crippen LogP contribution is 2.15. The van der Waals surface area contributed by atoms with Gasteiger partial charge in [0, 0.05) is 12.5 Å². The van der Waals surface area contributed by atoms with Crippen LogP contribution in [0.2, 0.25) is 0 Å². The van der Waals surface area contributed by atoms with E-state index in [2.05, 4.69) is 26.6 Å². The summed E-state index contributed by atoms with van der Waals surface area (Å²) in [7, 11) is 0. The third kappa shape index (κ3) is 16.9. The van der Waals surface area contributed by atoms with E-state index in [0.29, 0.717) is 12.8 Å². The summed E-state index contributed by atoms with van der Waals surface area (Å²) >= 11 is 0. The third-order valence-electron chi connectivity index (χ3n) is 7.32. The van der Waals surface area contributed by atoms with Crippen molar-refractivity contribution < 1.29 is 33.9 Å². The fourth-order valence-corrected chi connectivity index (χ4v) is 4.85. The van der Waals surface area contributed by atoms with E-state index in [1.165, 1.54) is 13.8 Å². The zero-order valence-electron chi connectivity index (χ0n) is 29.6. The Bertz CT molecular complexity index is 996. The average Bonchev–Trinajstić information content (AvgIpc) is 2.87. The number of amides is 5. The molecule has 12 nitrogen and oxygen atoms in total. The third-order valence-corrected chi connectivity index (χ3v) is 7.32. The number of carbonyl (C=O) groups excluding carboxylic acids is 6. The van der Waals surface area contributed by atoms with Crippen molar-refractivity contribution in [3.8, 4) is 0 Å². The molecule has 0 saturated carbocycles. The molecule has 0 aliphatic carbocycles. The first-order valence-corrected chi connectivity index (χ1v) is 16.3. The summed E-state index contributed by atoms with van der Waals surface area (Å²) < 4.78 is 0. The van der Waals surface area contributed by atoms with Crippen LogP contribution >= 0.6 is 0 Å². The highest BCUT2D eigenvalue weighted by atomic mass is 16.3. The van der Waals surface area contributed by atoms with Crippen LogP contribution in [0.5, 0.6) is 0 Å². The van der Waals surface area contributed by atoms with Gasteiger partial charge in [0.1, 0.15) is 12.1 Å². The van der Waals surface area contributed by atoms with E-state index in [1.807, 2.05) is 41.5 Å². The summed E-state index contributed by atoms with van der Waals surface area (Å²) in [6.45, 7) is 21.6. The summed E-state index contributed by atoms with van der Waals surface area (Å²) in [5.74, 6) is -2.90. The molecule has 6 atom stereocenters. The number of aliphatic hydroxyl groups excluding tert-OH is 1. The van der Waals surface area contributed by atoms with Gasteiger partial charge in [0.15, 0.2) is 5.78 Å². The van der Waals surface area contributed by atoms with Crippen molar-refractivity contribution >= 4 is 35.3 Å². The second kappa shape index (κ2) is 20.3. The van der Waals surface area contributed by atoms with Gasteiger partial charge in [0.2, 0.25) is 29.5 Å². The lowest BCUT2D eigenvalue weighted by molar-refractivity contribution is -0.136. The van der Waals surface area contributed by atoms with Crippen LogP contribution in [-0.2, 0) is 28.8 Å². The average molecular weight is 640 g/mol. The first-order chi connectivity index (χ1) is 20.7. The molecule has 6 N–H and O–H groups in total. The molecule has 260 valence electrons. The van der Waals surface area contributed by atoms with Crippen molar-refractivity contribution in [2.24, 2.45) is 29.6 Å². The highest BCUT2D eigenvalue weighted by Gasteiger charge is 2.33. The topological polar surface area (TPSA) is 183 Å². The molecule has 0 aromatic carbocycles. The van der Waals surface area contributed by atoms with Gasteiger partial charge in [-0.15, -0.1) is 0 Å². The van der Waals surface area contributed by atoms with Gasteiger partial charge in [-0.3, -0.25) is 34.1 Å². The molecule has 5 amide bonds. The lowest BCUT2D eigenvalue weighted by Gasteiger charge is -2.32. The minimum Gasteiger partial charge on any atom is -0.391 e. The van der Waals surface area contributed by atoms with Gasteiger partial charge in [0.05, 0.1) is 24.6 Å². The predicted octanol–water partition coefficient (Wildman–Crippen LogP) is 2.22. The number of imide groups is 1. The number of nitrogens with one attached hydrogen (secondary N) is 5. The Morgan fingerprint density at radius 2 is 1.07 bits per heavy atom. The Balaban J connectivity index is 5.57. The summed E-state index contributed by atoms with van der Waals surface area (Å²) in [5.41, 5.74) is 0. The van der Waals surface area contributed by atoms with Crippen molar-refractivity contribution in [1.29, 1.82) is 0 Å². The molecule has 45 heavy (non-hydrogen) atoms. The van der Waals surface area contributed by atoms with Crippen molar-refractivity contribution in [1.82, 2.24) is 26.6 Å². The molecule has 0 aliphatic heterocycles. The van der Waals surface area contributed by atoms with Gasteiger partial charge in [-0.1, -0.05) is 69.2 Å². The molecule has 0 aliphatic rings. The minimum absolute atomic E-state index is 0.0911. The molecular weight excluding hydrogens is 578 g/mol. The zero-order chi connectivity index (χ0) is 35.2. The van der Waals surface area contributed by atoms with Gasteiger partial charge in [-0.2, -0.15) is 0 Å². The van der Waals surface area contributed by atoms with Crippen LogP contribution in [0.25, 0.3) is 0 Å². The quantitative estimate of drug-likeness (QED) is 0.117. The SMILES string of the molecule is CC(=O)C(CC(C)C)NC(=O)C(C)NC(=O)CC(O)C(CC(C)C)NC(C(=O)NC(=O)C(NC(=O)CC(C)C)C(C)C)C(C)C. The second-order valence-corrected chi connectivity index (χ2v) is 14.2. The molecule has 12 heteroatoms. The highest BCUT2D eigenvalue weighted by molar-refractivity contribution is 6.01. The van der Waals surface area contributed by atoms with E-state index in [-0.39, 0.29) is 54.1 Å². The molecule has 0 fully saturated rings. The molecule has 0 saturated heterocycles. The van der Waals surface area contributed by atoms with Crippen LogP contribution in [0.15, 0.2) is 0 Å². The van der Waals surface area contributed by atoms with E-state index in [9.17, 15) is 33.9 Å². The normalized spacial score (nSPS) is 15.8. The first kappa shape index (κ1) is 42.1. The summed E-state index contributed by atoms with van der Waals surface area (Å²) in [4.78, 5) is 76.2. The fraction of sp³-hybridized carbons (Fsp3) is 0.818. The smallest absolute Gasteiger partial charge is 0.249 e. The van der Waals surface area contributed by atoms with Crippen LogP contribution in [0.1, 0.15) is 109 Å². The minimum atomic E-state index is -1.21. The number of hydrogen-bond acceptors (Lipinski definition) is 8. The molecule has 0 bridgehead atoms. The molecule has 6 unspecified atom stereocenters. The van der Waals surface area contributed by atoms with E-state index >= 15 is 0 Å². The fourth-order valence-electron chi connectivity index (χ4n) is 4.85. The molecule has 0 aromatic rings. The molecule has 0 aromatic heterocycles. The Labute approximate surface area is 270 Å². The largest absolute Gasteiger partial charge is 0.391 e.